The highest BCUT2D eigenvalue weighted by molar-refractivity contribution is 9.10. The summed E-state index contributed by atoms with van der Waals surface area (Å²) in [7, 11) is 3.15. The Morgan fingerprint density at radius 3 is 2.68 bits per heavy atom. The lowest BCUT2D eigenvalue weighted by atomic mass is 10.1. The molecule has 1 aromatic rings. The highest BCUT2D eigenvalue weighted by atomic mass is 79.9. The third-order valence-corrected chi connectivity index (χ3v) is 3.71. The van der Waals surface area contributed by atoms with Gasteiger partial charge in [0.25, 0.3) is 0 Å². The highest BCUT2D eigenvalue weighted by Gasteiger charge is 2.09. The van der Waals surface area contributed by atoms with Gasteiger partial charge in [0, 0.05) is 6.42 Å². The van der Waals surface area contributed by atoms with Gasteiger partial charge in [0.15, 0.2) is 11.5 Å². The second kappa shape index (κ2) is 10.2. The second-order valence-corrected chi connectivity index (χ2v) is 5.70. The van der Waals surface area contributed by atoms with Gasteiger partial charge in [0.05, 0.1) is 24.9 Å². The van der Waals surface area contributed by atoms with Gasteiger partial charge >= 0.3 is 0 Å². The zero-order chi connectivity index (χ0) is 16.4. The molecule has 0 fully saturated rings. The Labute approximate surface area is 140 Å². The summed E-state index contributed by atoms with van der Waals surface area (Å²) in [5.41, 5.74) is 3.34. The van der Waals surface area contributed by atoms with Crippen molar-refractivity contribution in [1.82, 2.24) is 5.43 Å². The Balaban J connectivity index is 2.56. The molecule has 6 heteroatoms. The topological polar surface area (TPSA) is 59.9 Å². The van der Waals surface area contributed by atoms with Crippen LogP contribution in [-0.2, 0) is 4.79 Å². The average Bonchev–Trinajstić information content (AvgIpc) is 2.51. The molecule has 0 aliphatic heterocycles. The minimum atomic E-state index is -0.0631. The number of hydrogen-bond acceptors (Lipinski definition) is 4. The number of carbonyl (C=O) groups excluding carboxylic acids is 1. The number of nitrogens with zero attached hydrogens (tertiary/aromatic N) is 1. The van der Waals surface area contributed by atoms with Gasteiger partial charge in [-0.1, -0.05) is 26.2 Å². The molecule has 22 heavy (non-hydrogen) atoms. The molecule has 0 unspecified atom stereocenters. The van der Waals surface area contributed by atoms with Crippen molar-refractivity contribution < 1.29 is 14.3 Å². The number of unbranched alkanes of at least 4 members (excludes halogenated alkanes) is 3. The quantitative estimate of drug-likeness (QED) is 0.407. The number of rotatable bonds is 9. The zero-order valence-corrected chi connectivity index (χ0v) is 14.9. The first-order valence-electron chi connectivity index (χ1n) is 7.35. The fraction of sp³-hybridized carbons (Fsp3) is 0.500. The van der Waals surface area contributed by atoms with E-state index in [1.54, 1.807) is 26.5 Å². The van der Waals surface area contributed by atoms with Crippen LogP contribution in [0.2, 0.25) is 0 Å². The van der Waals surface area contributed by atoms with Gasteiger partial charge in [-0.15, -0.1) is 0 Å². The first-order valence-corrected chi connectivity index (χ1v) is 8.15. The molecule has 0 spiro atoms. The highest BCUT2D eigenvalue weighted by Crippen LogP contribution is 2.35. The first-order chi connectivity index (χ1) is 10.6. The molecule has 0 bridgehead atoms. The van der Waals surface area contributed by atoms with Crippen LogP contribution in [-0.4, -0.2) is 26.3 Å². The van der Waals surface area contributed by atoms with Crippen molar-refractivity contribution in [2.75, 3.05) is 14.2 Å². The summed E-state index contributed by atoms with van der Waals surface area (Å²) in [6.07, 6.45) is 6.39. The molecule has 122 valence electrons. The van der Waals surface area contributed by atoms with Gasteiger partial charge in [-0.2, -0.15) is 5.10 Å². The normalized spacial score (nSPS) is 10.7. The third-order valence-electron chi connectivity index (χ3n) is 3.12. The maximum absolute atomic E-state index is 11.6. The lowest BCUT2D eigenvalue weighted by Gasteiger charge is -2.10. The number of amides is 1. The van der Waals surface area contributed by atoms with E-state index < -0.39 is 0 Å². The Morgan fingerprint density at radius 2 is 2.05 bits per heavy atom. The maximum atomic E-state index is 11.6. The standard InChI is InChI=1S/C16H23BrN2O3/c1-4-5-6-7-8-15(20)19-18-11-12-9-13(17)16(22-3)14(10-12)21-2/h9-11H,4-8H2,1-3H3,(H,19,20). The smallest absolute Gasteiger partial charge is 0.240 e. The van der Waals surface area contributed by atoms with Crippen LogP contribution in [0.15, 0.2) is 21.7 Å². The molecule has 0 heterocycles. The first kappa shape index (κ1) is 18.5. The fourth-order valence-corrected chi connectivity index (χ4v) is 2.58. The maximum Gasteiger partial charge on any atom is 0.240 e. The summed E-state index contributed by atoms with van der Waals surface area (Å²) in [6.45, 7) is 2.14. The van der Waals surface area contributed by atoms with E-state index in [4.69, 9.17) is 9.47 Å². The molecule has 0 saturated heterocycles. The van der Waals surface area contributed by atoms with Gasteiger partial charge in [-0.05, 0) is 40.0 Å². The van der Waals surface area contributed by atoms with E-state index in [-0.39, 0.29) is 5.91 Å². The van der Waals surface area contributed by atoms with Crippen molar-refractivity contribution in [3.05, 3.63) is 22.2 Å². The van der Waals surface area contributed by atoms with Gasteiger partial charge in [-0.25, -0.2) is 5.43 Å². The van der Waals surface area contributed by atoms with Crippen molar-refractivity contribution in [2.24, 2.45) is 5.10 Å². The van der Waals surface area contributed by atoms with Crippen LogP contribution >= 0.6 is 15.9 Å². The summed E-state index contributed by atoms with van der Waals surface area (Å²) in [4.78, 5) is 11.6. The largest absolute Gasteiger partial charge is 0.493 e. The molecule has 0 aliphatic rings. The number of methoxy groups -OCH3 is 2. The Kier molecular flexibility index (Phi) is 8.58. The fourth-order valence-electron chi connectivity index (χ4n) is 1.96. The predicted molar refractivity (Wildman–Crippen MR) is 91.7 cm³/mol. The van der Waals surface area contributed by atoms with Crippen LogP contribution in [0.5, 0.6) is 11.5 Å². The Hall–Kier alpha value is -1.56. The Bertz CT molecular complexity index is 518. The summed E-state index contributed by atoms with van der Waals surface area (Å²) < 4.78 is 11.3. The molecule has 1 aromatic carbocycles. The van der Waals surface area contributed by atoms with Crippen molar-refractivity contribution in [1.29, 1.82) is 0 Å². The van der Waals surface area contributed by atoms with Gasteiger partial charge in [-0.3, -0.25) is 4.79 Å². The van der Waals surface area contributed by atoms with Gasteiger partial charge in [0.1, 0.15) is 0 Å². The van der Waals surface area contributed by atoms with E-state index in [2.05, 4.69) is 33.4 Å². The van der Waals surface area contributed by atoms with Crippen molar-refractivity contribution in [2.45, 2.75) is 39.0 Å². The van der Waals surface area contributed by atoms with Crippen LogP contribution in [0.3, 0.4) is 0 Å². The summed E-state index contributed by atoms with van der Waals surface area (Å²) in [6, 6.07) is 3.64. The summed E-state index contributed by atoms with van der Waals surface area (Å²) in [5, 5.41) is 3.97. The van der Waals surface area contributed by atoms with Crippen LogP contribution in [0.4, 0.5) is 0 Å². The summed E-state index contributed by atoms with van der Waals surface area (Å²) >= 11 is 3.41. The van der Waals surface area contributed by atoms with Crippen LogP contribution < -0.4 is 14.9 Å². The van der Waals surface area contributed by atoms with Gasteiger partial charge < -0.3 is 9.47 Å². The number of nitrogens with one attached hydrogen (secondary N) is 1. The number of carbonyl (C=O) groups is 1. The lowest BCUT2D eigenvalue weighted by Crippen LogP contribution is -2.16. The van der Waals surface area contributed by atoms with Crippen molar-refractivity contribution >= 4 is 28.1 Å². The van der Waals surface area contributed by atoms with Crippen LogP contribution in [0.1, 0.15) is 44.6 Å². The Morgan fingerprint density at radius 1 is 1.27 bits per heavy atom. The number of hydrogen-bond donors (Lipinski definition) is 1. The second-order valence-electron chi connectivity index (χ2n) is 4.84. The molecule has 5 nitrogen and oxygen atoms in total. The molecule has 0 aromatic heterocycles. The number of benzene rings is 1. The van der Waals surface area contributed by atoms with E-state index in [1.165, 1.54) is 0 Å². The molecule has 0 atom stereocenters. The molecular formula is C16H23BrN2O3. The minimum Gasteiger partial charge on any atom is -0.493 e. The third kappa shape index (κ3) is 6.05. The van der Waals surface area contributed by atoms with E-state index in [0.717, 1.165) is 35.7 Å². The van der Waals surface area contributed by atoms with E-state index in [1.807, 2.05) is 6.07 Å². The molecular weight excluding hydrogens is 348 g/mol. The molecule has 1 N–H and O–H groups in total. The molecule has 0 saturated carbocycles. The monoisotopic (exact) mass is 370 g/mol. The molecule has 0 radical (unpaired) electrons. The number of halogens is 1. The van der Waals surface area contributed by atoms with E-state index in [9.17, 15) is 4.79 Å². The summed E-state index contributed by atoms with van der Waals surface area (Å²) in [5.74, 6) is 1.16. The van der Waals surface area contributed by atoms with Crippen molar-refractivity contribution in [3.8, 4) is 11.5 Å². The van der Waals surface area contributed by atoms with E-state index >= 15 is 0 Å². The molecule has 0 aliphatic carbocycles. The minimum absolute atomic E-state index is 0.0631. The molecule has 1 rings (SSSR count). The van der Waals surface area contributed by atoms with E-state index in [0.29, 0.717) is 17.9 Å². The average molecular weight is 371 g/mol. The lowest BCUT2D eigenvalue weighted by molar-refractivity contribution is -0.121. The van der Waals surface area contributed by atoms with Crippen molar-refractivity contribution in [3.63, 3.8) is 0 Å². The van der Waals surface area contributed by atoms with Gasteiger partial charge in [0.2, 0.25) is 5.91 Å². The predicted octanol–water partition coefficient (Wildman–Crippen LogP) is 3.89. The number of ether oxygens (including phenoxy) is 2. The molecule has 1 amide bonds. The SMILES string of the molecule is CCCCCCC(=O)NN=Cc1cc(Br)c(OC)c(OC)c1. The zero-order valence-electron chi connectivity index (χ0n) is 13.3. The number of hydrazone groups is 1. The van der Waals surface area contributed by atoms with Crippen LogP contribution in [0, 0.1) is 0 Å². The van der Waals surface area contributed by atoms with Crippen LogP contribution in [0.25, 0.3) is 0 Å².